The highest BCUT2D eigenvalue weighted by Gasteiger charge is 2.24. The number of amides is 1. The van der Waals surface area contributed by atoms with E-state index < -0.39 is 0 Å². The van der Waals surface area contributed by atoms with Gasteiger partial charge in [0.25, 0.3) is 0 Å². The highest BCUT2D eigenvalue weighted by Crippen LogP contribution is 2.28. The van der Waals surface area contributed by atoms with Crippen molar-refractivity contribution in [1.29, 1.82) is 0 Å². The molecule has 2 aromatic carbocycles. The second-order valence-electron chi connectivity index (χ2n) is 7.53. The molecule has 0 bridgehead atoms. The molecule has 23 heavy (non-hydrogen) atoms. The van der Waals surface area contributed by atoms with Gasteiger partial charge in [-0.15, -0.1) is 0 Å². The molecule has 1 N–H and O–H groups in total. The van der Waals surface area contributed by atoms with E-state index >= 15 is 0 Å². The molecule has 1 aliphatic carbocycles. The molecule has 3 rings (SSSR count). The minimum Gasteiger partial charge on any atom is -0.326 e. The van der Waals surface area contributed by atoms with Crippen molar-refractivity contribution < 1.29 is 4.79 Å². The number of fused-ring (bicyclic) bond motifs is 1. The van der Waals surface area contributed by atoms with Gasteiger partial charge in [0.1, 0.15) is 0 Å². The van der Waals surface area contributed by atoms with E-state index in [-0.39, 0.29) is 17.2 Å². The molecule has 0 radical (unpaired) electrons. The van der Waals surface area contributed by atoms with Gasteiger partial charge in [-0.1, -0.05) is 57.2 Å². The summed E-state index contributed by atoms with van der Waals surface area (Å²) in [5.74, 6) is 0.216. The van der Waals surface area contributed by atoms with Crippen molar-refractivity contribution in [1.82, 2.24) is 0 Å². The third-order valence-corrected chi connectivity index (χ3v) is 4.71. The Morgan fingerprint density at radius 1 is 1.04 bits per heavy atom. The quantitative estimate of drug-likeness (QED) is 0.854. The summed E-state index contributed by atoms with van der Waals surface area (Å²) in [6.07, 6.45) is 2.78. The molecule has 1 amide bonds. The van der Waals surface area contributed by atoms with Gasteiger partial charge in [-0.05, 0) is 53.5 Å². The average molecular weight is 307 g/mol. The van der Waals surface area contributed by atoms with Crippen molar-refractivity contribution >= 4 is 11.6 Å². The van der Waals surface area contributed by atoms with Crippen molar-refractivity contribution in [3.63, 3.8) is 0 Å². The summed E-state index contributed by atoms with van der Waals surface area (Å²) in [4.78, 5) is 12.6. The van der Waals surface area contributed by atoms with Gasteiger partial charge in [0.15, 0.2) is 0 Å². The summed E-state index contributed by atoms with van der Waals surface area (Å²) in [5, 5.41) is 3.12. The Kier molecular flexibility index (Phi) is 4.25. The van der Waals surface area contributed by atoms with Crippen LogP contribution in [0, 0.1) is 5.92 Å². The zero-order valence-corrected chi connectivity index (χ0v) is 14.2. The minimum absolute atomic E-state index is 0.0724. The third kappa shape index (κ3) is 3.64. The van der Waals surface area contributed by atoms with Crippen LogP contribution in [0.25, 0.3) is 0 Å². The van der Waals surface area contributed by atoms with Gasteiger partial charge in [-0.3, -0.25) is 4.79 Å². The van der Waals surface area contributed by atoms with Crippen LogP contribution >= 0.6 is 0 Å². The highest BCUT2D eigenvalue weighted by atomic mass is 16.1. The van der Waals surface area contributed by atoms with Gasteiger partial charge in [-0.25, -0.2) is 0 Å². The fraction of sp³-hybridized carbons (Fsp3) is 0.381. The SMILES string of the molecule is CC(C)(C)c1cccc(NC(=O)C2CCc3ccccc3C2)c1. The molecule has 0 spiro atoms. The molecular weight excluding hydrogens is 282 g/mol. The minimum atomic E-state index is 0.0724. The van der Waals surface area contributed by atoms with Crippen LogP contribution in [0.3, 0.4) is 0 Å². The van der Waals surface area contributed by atoms with E-state index in [4.69, 9.17) is 0 Å². The Morgan fingerprint density at radius 3 is 2.52 bits per heavy atom. The number of hydrogen-bond acceptors (Lipinski definition) is 1. The number of carbonyl (C=O) groups excluding carboxylic acids is 1. The van der Waals surface area contributed by atoms with E-state index in [0.29, 0.717) is 0 Å². The molecule has 1 aliphatic rings. The monoisotopic (exact) mass is 307 g/mol. The smallest absolute Gasteiger partial charge is 0.227 e. The number of nitrogens with one attached hydrogen (secondary N) is 1. The summed E-state index contributed by atoms with van der Waals surface area (Å²) in [6.45, 7) is 6.56. The lowest BCUT2D eigenvalue weighted by Crippen LogP contribution is -2.28. The molecule has 1 atom stereocenters. The third-order valence-electron chi connectivity index (χ3n) is 4.71. The van der Waals surface area contributed by atoms with Crippen molar-refractivity contribution in [2.75, 3.05) is 5.32 Å². The highest BCUT2D eigenvalue weighted by molar-refractivity contribution is 5.93. The van der Waals surface area contributed by atoms with Crippen molar-refractivity contribution in [3.05, 3.63) is 65.2 Å². The lowest BCUT2D eigenvalue weighted by Gasteiger charge is -2.24. The number of benzene rings is 2. The summed E-state index contributed by atoms with van der Waals surface area (Å²) in [6, 6.07) is 16.7. The molecule has 0 aromatic heterocycles. The zero-order valence-electron chi connectivity index (χ0n) is 14.2. The first kappa shape index (κ1) is 15.8. The summed E-state index contributed by atoms with van der Waals surface area (Å²) < 4.78 is 0. The number of rotatable bonds is 2. The second-order valence-corrected chi connectivity index (χ2v) is 7.53. The number of anilines is 1. The molecular formula is C21H25NO. The Bertz CT molecular complexity index is 712. The Hall–Kier alpha value is -2.09. The van der Waals surface area contributed by atoms with E-state index in [1.807, 2.05) is 12.1 Å². The van der Waals surface area contributed by atoms with Gasteiger partial charge in [0.05, 0.1) is 0 Å². The van der Waals surface area contributed by atoms with Crippen LogP contribution in [0.15, 0.2) is 48.5 Å². The Morgan fingerprint density at radius 2 is 1.78 bits per heavy atom. The maximum atomic E-state index is 12.6. The first-order chi connectivity index (χ1) is 10.9. The van der Waals surface area contributed by atoms with E-state index in [1.54, 1.807) is 0 Å². The normalized spacial score (nSPS) is 17.4. The zero-order chi connectivity index (χ0) is 16.4. The molecule has 2 heteroatoms. The average Bonchev–Trinajstić information content (AvgIpc) is 2.54. The van der Waals surface area contributed by atoms with Crippen LogP contribution in [0.4, 0.5) is 5.69 Å². The molecule has 120 valence electrons. The van der Waals surface area contributed by atoms with Crippen molar-refractivity contribution in [3.8, 4) is 0 Å². The lowest BCUT2D eigenvalue weighted by atomic mass is 9.83. The summed E-state index contributed by atoms with van der Waals surface area (Å²) in [5.41, 5.74) is 4.95. The maximum Gasteiger partial charge on any atom is 0.227 e. The van der Waals surface area contributed by atoms with Crippen LogP contribution in [0.5, 0.6) is 0 Å². The van der Waals surface area contributed by atoms with E-state index in [0.717, 1.165) is 24.9 Å². The van der Waals surface area contributed by atoms with Crippen molar-refractivity contribution in [2.24, 2.45) is 5.92 Å². The van der Waals surface area contributed by atoms with Gasteiger partial charge < -0.3 is 5.32 Å². The fourth-order valence-corrected chi connectivity index (χ4v) is 3.23. The fourth-order valence-electron chi connectivity index (χ4n) is 3.23. The second kappa shape index (κ2) is 6.19. The largest absolute Gasteiger partial charge is 0.326 e. The molecule has 2 aromatic rings. The van der Waals surface area contributed by atoms with Crippen LogP contribution in [-0.4, -0.2) is 5.91 Å². The predicted molar refractivity (Wildman–Crippen MR) is 95.7 cm³/mol. The van der Waals surface area contributed by atoms with Crippen LogP contribution in [0.2, 0.25) is 0 Å². The molecule has 0 heterocycles. The first-order valence-corrected chi connectivity index (χ1v) is 8.42. The van der Waals surface area contributed by atoms with E-state index in [9.17, 15) is 4.79 Å². The van der Waals surface area contributed by atoms with Gasteiger partial charge >= 0.3 is 0 Å². The molecule has 2 nitrogen and oxygen atoms in total. The number of carbonyl (C=O) groups is 1. The molecule has 0 saturated heterocycles. The Labute approximate surface area is 138 Å². The maximum absolute atomic E-state index is 12.6. The Balaban J connectivity index is 1.71. The first-order valence-electron chi connectivity index (χ1n) is 8.42. The number of aryl methyl sites for hydroxylation is 1. The molecule has 0 saturated carbocycles. The van der Waals surface area contributed by atoms with Gasteiger partial charge in [0, 0.05) is 11.6 Å². The lowest BCUT2D eigenvalue weighted by molar-refractivity contribution is -0.120. The van der Waals surface area contributed by atoms with E-state index in [2.05, 4.69) is 62.5 Å². The van der Waals surface area contributed by atoms with Crippen LogP contribution in [-0.2, 0) is 23.1 Å². The van der Waals surface area contributed by atoms with E-state index in [1.165, 1.54) is 16.7 Å². The van der Waals surface area contributed by atoms with Gasteiger partial charge in [0.2, 0.25) is 5.91 Å². The topological polar surface area (TPSA) is 29.1 Å². The van der Waals surface area contributed by atoms with Crippen LogP contribution in [0.1, 0.15) is 43.9 Å². The van der Waals surface area contributed by atoms with Crippen LogP contribution < -0.4 is 5.32 Å². The summed E-state index contributed by atoms with van der Waals surface area (Å²) in [7, 11) is 0. The standard InChI is InChI=1S/C21H25NO/c1-21(2,3)18-9-6-10-19(14-18)22-20(23)17-12-11-15-7-4-5-8-16(15)13-17/h4-10,14,17H,11-13H2,1-3H3,(H,22,23). The summed E-state index contributed by atoms with van der Waals surface area (Å²) >= 11 is 0. The van der Waals surface area contributed by atoms with Gasteiger partial charge in [-0.2, -0.15) is 0 Å². The molecule has 0 aliphatic heterocycles. The number of hydrogen-bond donors (Lipinski definition) is 1. The molecule has 0 fully saturated rings. The predicted octanol–water partition coefficient (Wildman–Crippen LogP) is 4.73. The molecule has 1 unspecified atom stereocenters. The van der Waals surface area contributed by atoms with Crippen molar-refractivity contribution in [2.45, 2.75) is 45.4 Å².